The Labute approximate surface area is 106 Å². The molecule has 2 saturated heterocycles. The van der Waals surface area contributed by atoms with E-state index in [-0.39, 0.29) is 0 Å². The molecule has 2 unspecified atom stereocenters. The maximum absolute atomic E-state index is 4.85. The van der Waals surface area contributed by atoms with Crippen LogP contribution in [0.2, 0.25) is 0 Å². The Bertz CT molecular complexity index is 406. The minimum absolute atomic E-state index is 0.888. The van der Waals surface area contributed by atoms with E-state index in [0.717, 1.165) is 11.8 Å². The van der Waals surface area contributed by atoms with Crippen molar-refractivity contribution in [1.82, 2.24) is 9.88 Å². The van der Waals surface area contributed by atoms with Crippen molar-refractivity contribution in [3.05, 3.63) is 10.6 Å². The zero-order chi connectivity index (χ0) is 11.4. The first kappa shape index (κ1) is 10.3. The largest absolute Gasteiger partial charge is 0.347 e. The van der Waals surface area contributed by atoms with Crippen LogP contribution in [0, 0.1) is 11.8 Å². The lowest BCUT2D eigenvalue weighted by Gasteiger charge is -2.18. The molecule has 4 rings (SSSR count). The van der Waals surface area contributed by atoms with Crippen molar-refractivity contribution >= 4 is 16.5 Å². The van der Waals surface area contributed by atoms with E-state index in [1.54, 1.807) is 4.88 Å². The molecule has 2 aliphatic heterocycles. The molecule has 0 aromatic carbocycles. The first-order valence-electron chi connectivity index (χ1n) is 6.71. The van der Waals surface area contributed by atoms with Gasteiger partial charge >= 0.3 is 0 Å². The maximum atomic E-state index is 4.85. The van der Waals surface area contributed by atoms with E-state index in [4.69, 9.17) is 4.98 Å². The Hall–Kier alpha value is -0.610. The molecule has 1 aromatic heterocycles. The lowest BCUT2D eigenvalue weighted by molar-refractivity contribution is 0.387. The normalized spacial score (nSPS) is 32.2. The second kappa shape index (κ2) is 3.69. The average Bonchev–Trinajstić information content (AvgIpc) is 2.90. The molecule has 3 aliphatic rings. The molecule has 0 amide bonds. The topological polar surface area (TPSA) is 19.4 Å². The zero-order valence-electron chi connectivity index (χ0n) is 10.4. The number of fused-ring (bicyclic) bond motifs is 2. The summed E-state index contributed by atoms with van der Waals surface area (Å²) in [5.41, 5.74) is 1.40. The smallest absolute Gasteiger partial charge is 0.185 e. The Morgan fingerprint density at radius 1 is 1.12 bits per heavy atom. The van der Waals surface area contributed by atoms with Crippen molar-refractivity contribution in [1.29, 1.82) is 0 Å². The molecule has 3 heterocycles. The van der Waals surface area contributed by atoms with Gasteiger partial charge in [-0.15, -0.1) is 11.3 Å². The van der Waals surface area contributed by atoms with E-state index in [0.29, 0.717) is 0 Å². The summed E-state index contributed by atoms with van der Waals surface area (Å²) in [4.78, 5) is 11.4. The molecule has 2 atom stereocenters. The van der Waals surface area contributed by atoms with Crippen LogP contribution in [0.15, 0.2) is 0 Å². The van der Waals surface area contributed by atoms with E-state index in [9.17, 15) is 0 Å². The van der Waals surface area contributed by atoms with Crippen LogP contribution >= 0.6 is 11.3 Å². The molecule has 92 valence electrons. The lowest BCUT2D eigenvalue weighted by atomic mass is 10.0. The highest BCUT2D eigenvalue weighted by molar-refractivity contribution is 7.15. The van der Waals surface area contributed by atoms with Gasteiger partial charge in [0.1, 0.15) is 0 Å². The summed E-state index contributed by atoms with van der Waals surface area (Å²) in [6.07, 6.45) is 3.82. The summed E-state index contributed by atoms with van der Waals surface area (Å²) < 4.78 is 0. The number of aryl methyl sites for hydroxylation is 2. The van der Waals surface area contributed by atoms with E-state index < -0.39 is 0 Å². The van der Waals surface area contributed by atoms with Gasteiger partial charge in [-0.05, 0) is 38.1 Å². The fourth-order valence-corrected chi connectivity index (χ4v) is 4.86. The van der Waals surface area contributed by atoms with Gasteiger partial charge in [-0.3, -0.25) is 0 Å². The summed E-state index contributed by atoms with van der Waals surface area (Å²) in [6, 6.07) is 0. The van der Waals surface area contributed by atoms with Gasteiger partial charge in [-0.25, -0.2) is 4.98 Å². The van der Waals surface area contributed by atoms with E-state index >= 15 is 0 Å². The third-order valence-corrected chi connectivity index (χ3v) is 5.74. The summed E-state index contributed by atoms with van der Waals surface area (Å²) in [5, 5.41) is 1.31. The summed E-state index contributed by atoms with van der Waals surface area (Å²) >= 11 is 1.96. The van der Waals surface area contributed by atoms with Gasteiger partial charge in [0, 0.05) is 31.1 Å². The minimum Gasteiger partial charge on any atom is -0.347 e. The molecule has 3 nitrogen and oxygen atoms in total. The van der Waals surface area contributed by atoms with E-state index in [1.165, 1.54) is 56.3 Å². The fourth-order valence-electron chi connectivity index (χ4n) is 3.70. The van der Waals surface area contributed by atoms with Crippen LogP contribution in [0.4, 0.5) is 5.13 Å². The van der Waals surface area contributed by atoms with Gasteiger partial charge in [0.15, 0.2) is 5.13 Å². The van der Waals surface area contributed by atoms with Gasteiger partial charge in [-0.2, -0.15) is 0 Å². The highest BCUT2D eigenvalue weighted by Gasteiger charge is 2.39. The highest BCUT2D eigenvalue weighted by atomic mass is 32.1. The number of aromatic nitrogens is 1. The molecule has 0 bridgehead atoms. The van der Waals surface area contributed by atoms with Crippen molar-refractivity contribution < 1.29 is 0 Å². The van der Waals surface area contributed by atoms with E-state index in [1.807, 2.05) is 11.3 Å². The molecule has 0 spiro atoms. The van der Waals surface area contributed by atoms with Gasteiger partial charge in [-0.1, -0.05) is 0 Å². The quantitative estimate of drug-likeness (QED) is 0.754. The van der Waals surface area contributed by atoms with Crippen LogP contribution in [-0.4, -0.2) is 43.1 Å². The summed E-state index contributed by atoms with van der Waals surface area (Å²) in [5.74, 6) is 1.78. The molecule has 1 aliphatic carbocycles. The second-order valence-electron chi connectivity index (χ2n) is 5.87. The van der Waals surface area contributed by atoms with Gasteiger partial charge in [0.25, 0.3) is 0 Å². The van der Waals surface area contributed by atoms with Crippen molar-refractivity contribution in [2.45, 2.75) is 19.3 Å². The fraction of sp³-hybridized carbons (Fsp3) is 0.769. The molecule has 0 N–H and O–H groups in total. The van der Waals surface area contributed by atoms with E-state index in [2.05, 4.69) is 16.8 Å². The van der Waals surface area contributed by atoms with Crippen molar-refractivity contribution in [3.63, 3.8) is 0 Å². The number of likely N-dealkylation sites (tertiary alicyclic amines) is 1. The van der Waals surface area contributed by atoms with Crippen LogP contribution in [0.5, 0.6) is 0 Å². The first-order chi connectivity index (χ1) is 8.29. The Balaban J connectivity index is 1.53. The van der Waals surface area contributed by atoms with Crippen LogP contribution in [0.3, 0.4) is 0 Å². The monoisotopic (exact) mass is 249 g/mol. The van der Waals surface area contributed by atoms with Crippen molar-refractivity contribution in [3.8, 4) is 0 Å². The third kappa shape index (κ3) is 1.61. The highest BCUT2D eigenvalue weighted by Crippen LogP contribution is 2.38. The molecular formula is C13H19N3S. The minimum atomic E-state index is 0.888. The molecule has 1 aromatic rings. The van der Waals surface area contributed by atoms with Crippen LogP contribution < -0.4 is 4.90 Å². The second-order valence-corrected chi connectivity index (χ2v) is 6.93. The summed E-state index contributed by atoms with van der Waals surface area (Å²) in [6.45, 7) is 5.04. The third-order valence-electron chi connectivity index (χ3n) is 4.52. The number of nitrogens with zero attached hydrogens (tertiary/aromatic N) is 3. The number of rotatable bonds is 1. The Morgan fingerprint density at radius 2 is 1.88 bits per heavy atom. The zero-order valence-corrected chi connectivity index (χ0v) is 11.2. The number of thiazole rings is 1. The first-order valence-corrected chi connectivity index (χ1v) is 7.53. The molecule has 0 radical (unpaired) electrons. The number of hydrogen-bond acceptors (Lipinski definition) is 4. The number of anilines is 1. The van der Waals surface area contributed by atoms with Gasteiger partial charge in [0.2, 0.25) is 0 Å². The molecule has 17 heavy (non-hydrogen) atoms. The van der Waals surface area contributed by atoms with Gasteiger partial charge in [0.05, 0.1) is 5.69 Å². The average molecular weight is 249 g/mol. The van der Waals surface area contributed by atoms with Crippen molar-refractivity contribution in [2.24, 2.45) is 11.8 Å². The predicted molar refractivity (Wildman–Crippen MR) is 70.8 cm³/mol. The van der Waals surface area contributed by atoms with Crippen LogP contribution in [-0.2, 0) is 12.8 Å². The summed E-state index contributed by atoms with van der Waals surface area (Å²) in [7, 11) is 2.25. The van der Waals surface area contributed by atoms with Gasteiger partial charge < -0.3 is 9.80 Å². The van der Waals surface area contributed by atoms with Crippen LogP contribution in [0.1, 0.15) is 17.0 Å². The maximum Gasteiger partial charge on any atom is 0.185 e. The SMILES string of the molecule is CN1CC2CN(c3nc4c(s3)CCC4)CC2C1. The van der Waals surface area contributed by atoms with Crippen molar-refractivity contribution in [2.75, 3.05) is 38.1 Å². The molecule has 0 saturated carbocycles. The predicted octanol–water partition coefficient (Wildman–Crippen LogP) is 1.63. The molecule has 4 heteroatoms. The Kier molecular flexibility index (Phi) is 2.24. The molecule has 2 fully saturated rings. The molecular weight excluding hydrogens is 230 g/mol. The number of hydrogen-bond donors (Lipinski definition) is 0. The lowest BCUT2D eigenvalue weighted by Crippen LogP contribution is -2.26. The van der Waals surface area contributed by atoms with Crippen LogP contribution in [0.25, 0.3) is 0 Å². The standard InChI is InChI=1S/C13H19N3S/c1-15-5-9-7-16(8-10(9)6-15)13-14-11-3-2-4-12(11)17-13/h9-10H,2-8H2,1H3. The Morgan fingerprint density at radius 3 is 2.59 bits per heavy atom.